The van der Waals surface area contributed by atoms with Crippen LogP contribution in [0.1, 0.15) is 10.5 Å². The number of nitrogens with one attached hydrogen (secondary N) is 1. The number of benzene rings is 2. The van der Waals surface area contributed by atoms with E-state index in [2.05, 4.69) is 10.4 Å². The normalized spacial score (nSPS) is 10.7. The molecule has 0 fully saturated rings. The lowest BCUT2D eigenvalue weighted by Crippen LogP contribution is -2.26. The summed E-state index contributed by atoms with van der Waals surface area (Å²) in [5.74, 6) is -0.249. The molecule has 1 N–H and O–H groups in total. The van der Waals surface area contributed by atoms with E-state index in [0.717, 1.165) is 0 Å². The number of aryl methyl sites for hydroxylation is 1. The number of methoxy groups -OCH3 is 1. The average molecular weight is 378 g/mol. The summed E-state index contributed by atoms with van der Waals surface area (Å²) in [5, 5.41) is 7.82. The van der Waals surface area contributed by atoms with Gasteiger partial charge in [-0.05, 0) is 36.4 Å². The first-order valence-electron chi connectivity index (χ1n) is 7.22. The van der Waals surface area contributed by atoms with Crippen molar-refractivity contribution < 1.29 is 9.53 Å². The predicted octanol–water partition coefficient (Wildman–Crippen LogP) is 3.50. The zero-order valence-corrected chi connectivity index (χ0v) is 14.9. The maximum atomic E-state index is 12.6. The first kappa shape index (κ1) is 17.3. The van der Waals surface area contributed by atoms with E-state index in [1.165, 1.54) is 23.9 Å². The van der Waals surface area contributed by atoms with Gasteiger partial charge in [0.1, 0.15) is 5.75 Å². The van der Waals surface area contributed by atoms with E-state index in [1.54, 1.807) is 31.3 Å². The summed E-state index contributed by atoms with van der Waals surface area (Å²) in [6, 6.07) is 9.61. The van der Waals surface area contributed by atoms with Crippen molar-refractivity contribution in [1.82, 2.24) is 9.78 Å². The van der Waals surface area contributed by atoms with Gasteiger partial charge in [-0.15, -0.1) is 0 Å². The summed E-state index contributed by atoms with van der Waals surface area (Å²) in [6.07, 6.45) is 0. The summed E-state index contributed by atoms with van der Waals surface area (Å²) in [6.45, 7) is 0. The number of rotatable bonds is 3. The Kier molecular flexibility index (Phi) is 4.65. The molecule has 0 saturated carbocycles. The third kappa shape index (κ3) is 3.31. The van der Waals surface area contributed by atoms with Gasteiger partial charge in [0.15, 0.2) is 5.69 Å². The van der Waals surface area contributed by atoms with Crippen LogP contribution in [0.25, 0.3) is 10.9 Å². The fraction of sp³-hybridized carbons (Fsp3) is 0.118. The van der Waals surface area contributed by atoms with Crippen molar-refractivity contribution in [1.29, 1.82) is 0 Å². The van der Waals surface area contributed by atoms with Gasteiger partial charge >= 0.3 is 0 Å². The van der Waals surface area contributed by atoms with Crippen LogP contribution in [0.4, 0.5) is 5.69 Å². The van der Waals surface area contributed by atoms with Crippen LogP contribution in [0.15, 0.2) is 41.2 Å². The number of amides is 1. The van der Waals surface area contributed by atoms with Gasteiger partial charge in [0, 0.05) is 17.1 Å². The van der Waals surface area contributed by atoms with Crippen LogP contribution in [-0.4, -0.2) is 22.8 Å². The Hall–Kier alpha value is -2.57. The highest BCUT2D eigenvalue weighted by molar-refractivity contribution is 6.31. The van der Waals surface area contributed by atoms with Crippen molar-refractivity contribution in [2.45, 2.75) is 0 Å². The molecule has 1 amide bonds. The molecule has 0 saturated heterocycles. The van der Waals surface area contributed by atoms with Gasteiger partial charge in [-0.2, -0.15) is 5.10 Å². The monoisotopic (exact) mass is 377 g/mol. The molecule has 3 aromatic rings. The molecule has 1 aromatic heterocycles. The number of nitrogens with zero attached hydrogens (tertiary/aromatic N) is 2. The van der Waals surface area contributed by atoms with Crippen LogP contribution in [0.3, 0.4) is 0 Å². The second kappa shape index (κ2) is 6.74. The lowest BCUT2D eigenvalue weighted by Gasteiger charge is -2.11. The van der Waals surface area contributed by atoms with Gasteiger partial charge in [-0.25, -0.2) is 0 Å². The lowest BCUT2D eigenvalue weighted by molar-refractivity contribution is 0.101. The molecule has 8 heteroatoms. The Morgan fingerprint density at radius 2 is 1.84 bits per heavy atom. The Bertz CT molecular complexity index is 1050. The molecule has 0 bridgehead atoms. The van der Waals surface area contributed by atoms with Crippen molar-refractivity contribution in [2.24, 2.45) is 7.05 Å². The average Bonchev–Trinajstić information content (AvgIpc) is 2.58. The number of carbonyl (C=O) groups is 1. The SMILES string of the molecule is COc1ccc(Cl)cc1NC(=O)c1nn(C)c2ccc(Cl)cc2c1=O. The van der Waals surface area contributed by atoms with E-state index in [9.17, 15) is 9.59 Å². The van der Waals surface area contributed by atoms with E-state index in [-0.39, 0.29) is 5.69 Å². The van der Waals surface area contributed by atoms with Gasteiger partial charge in [-0.3, -0.25) is 14.3 Å². The molecular formula is C17H13Cl2N3O3. The highest BCUT2D eigenvalue weighted by Gasteiger charge is 2.18. The van der Waals surface area contributed by atoms with Gasteiger partial charge in [-0.1, -0.05) is 23.2 Å². The molecule has 0 unspecified atom stereocenters. The van der Waals surface area contributed by atoms with Gasteiger partial charge in [0.25, 0.3) is 5.91 Å². The van der Waals surface area contributed by atoms with Crippen LogP contribution < -0.4 is 15.5 Å². The molecule has 6 nitrogen and oxygen atoms in total. The van der Waals surface area contributed by atoms with Crippen molar-refractivity contribution in [3.63, 3.8) is 0 Å². The van der Waals surface area contributed by atoms with Crippen LogP contribution >= 0.6 is 23.2 Å². The van der Waals surface area contributed by atoms with Crippen LogP contribution in [0.5, 0.6) is 5.75 Å². The summed E-state index contributed by atoms with van der Waals surface area (Å²) in [4.78, 5) is 25.2. The van der Waals surface area contributed by atoms with Crippen molar-refractivity contribution in [3.8, 4) is 5.75 Å². The molecule has 0 radical (unpaired) electrons. The number of carbonyl (C=O) groups excluding carboxylic acids is 1. The smallest absolute Gasteiger partial charge is 0.280 e. The van der Waals surface area contributed by atoms with E-state index in [1.807, 2.05) is 0 Å². The molecule has 25 heavy (non-hydrogen) atoms. The molecule has 0 aliphatic rings. The van der Waals surface area contributed by atoms with Crippen LogP contribution in [-0.2, 0) is 7.05 Å². The molecule has 0 atom stereocenters. The molecule has 3 rings (SSSR count). The van der Waals surface area contributed by atoms with Crippen molar-refractivity contribution in [3.05, 3.63) is 62.4 Å². The summed E-state index contributed by atoms with van der Waals surface area (Å²) in [5.41, 5.74) is 0.162. The molecule has 128 valence electrons. The Labute approximate surface area is 152 Å². The Balaban J connectivity index is 2.08. The summed E-state index contributed by atoms with van der Waals surface area (Å²) < 4.78 is 6.64. The van der Waals surface area contributed by atoms with Crippen molar-refractivity contribution >= 4 is 45.7 Å². The van der Waals surface area contributed by atoms with Crippen molar-refractivity contribution in [2.75, 3.05) is 12.4 Å². The largest absolute Gasteiger partial charge is 0.495 e. The molecule has 2 aromatic carbocycles. The topological polar surface area (TPSA) is 73.2 Å². The van der Waals surface area contributed by atoms with E-state index in [4.69, 9.17) is 27.9 Å². The third-order valence-corrected chi connectivity index (χ3v) is 4.11. The number of ether oxygens (including phenoxy) is 1. The fourth-order valence-electron chi connectivity index (χ4n) is 2.46. The zero-order valence-electron chi connectivity index (χ0n) is 13.3. The quantitative estimate of drug-likeness (QED) is 0.757. The third-order valence-electron chi connectivity index (χ3n) is 3.64. The molecule has 0 aliphatic carbocycles. The minimum atomic E-state index is -0.664. The van der Waals surface area contributed by atoms with E-state index < -0.39 is 11.3 Å². The Morgan fingerprint density at radius 1 is 1.16 bits per heavy atom. The van der Waals surface area contributed by atoms with Gasteiger partial charge < -0.3 is 10.1 Å². The second-order valence-electron chi connectivity index (χ2n) is 5.26. The first-order valence-corrected chi connectivity index (χ1v) is 7.98. The maximum absolute atomic E-state index is 12.6. The Morgan fingerprint density at radius 3 is 2.56 bits per heavy atom. The van der Waals surface area contributed by atoms with Crippen LogP contribution in [0, 0.1) is 0 Å². The molecule has 0 spiro atoms. The first-order chi connectivity index (χ1) is 11.9. The minimum Gasteiger partial charge on any atom is -0.495 e. The van der Waals surface area contributed by atoms with Crippen LogP contribution in [0.2, 0.25) is 10.0 Å². The number of hydrogen-bond acceptors (Lipinski definition) is 4. The highest BCUT2D eigenvalue weighted by Crippen LogP contribution is 2.28. The predicted molar refractivity (Wildman–Crippen MR) is 98.0 cm³/mol. The number of fused-ring (bicyclic) bond motifs is 1. The highest BCUT2D eigenvalue weighted by atomic mass is 35.5. The standard InChI is InChI=1S/C17H13Cl2N3O3/c1-22-13-5-3-9(18)7-11(13)16(23)15(21-22)17(24)20-12-8-10(19)4-6-14(12)25-2/h3-8H,1-2H3,(H,20,24). The number of halogens is 2. The lowest BCUT2D eigenvalue weighted by atomic mass is 10.2. The summed E-state index contributed by atoms with van der Waals surface area (Å²) in [7, 11) is 3.11. The number of aromatic nitrogens is 2. The van der Waals surface area contributed by atoms with E-state index in [0.29, 0.717) is 32.4 Å². The zero-order chi connectivity index (χ0) is 18.1. The second-order valence-corrected chi connectivity index (χ2v) is 6.13. The summed E-state index contributed by atoms with van der Waals surface area (Å²) >= 11 is 11.9. The number of anilines is 1. The minimum absolute atomic E-state index is 0.251. The maximum Gasteiger partial charge on any atom is 0.280 e. The fourth-order valence-corrected chi connectivity index (χ4v) is 2.80. The van der Waals surface area contributed by atoms with Gasteiger partial charge in [0.05, 0.1) is 23.7 Å². The molecule has 0 aliphatic heterocycles. The molecular weight excluding hydrogens is 365 g/mol. The van der Waals surface area contributed by atoms with E-state index >= 15 is 0 Å². The number of hydrogen-bond donors (Lipinski definition) is 1. The van der Waals surface area contributed by atoms with Gasteiger partial charge in [0.2, 0.25) is 5.43 Å². The molecule has 1 heterocycles.